The van der Waals surface area contributed by atoms with Crippen molar-refractivity contribution in [1.82, 2.24) is 33.9 Å². The Labute approximate surface area is 156 Å². The lowest BCUT2D eigenvalue weighted by molar-refractivity contribution is 0.313. The molecule has 4 heterocycles. The van der Waals surface area contributed by atoms with Crippen LogP contribution >= 0.6 is 11.8 Å². The van der Waals surface area contributed by atoms with Crippen molar-refractivity contribution in [2.24, 2.45) is 7.05 Å². The van der Waals surface area contributed by atoms with Gasteiger partial charge in [0.25, 0.3) is 0 Å². The van der Waals surface area contributed by atoms with Crippen LogP contribution in [0.2, 0.25) is 0 Å². The highest BCUT2D eigenvalue weighted by atomic mass is 35.5. The zero-order valence-electron chi connectivity index (χ0n) is 14.8. The van der Waals surface area contributed by atoms with Crippen LogP contribution in [0.5, 0.6) is 0 Å². The average Bonchev–Trinajstić information content (AvgIpc) is 3.35. The number of aryl methyl sites for hydroxylation is 3. The van der Waals surface area contributed by atoms with Gasteiger partial charge in [-0.05, 0) is 19.8 Å². The lowest BCUT2D eigenvalue weighted by atomic mass is 10.2. The van der Waals surface area contributed by atoms with Crippen molar-refractivity contribution in [3.63, 3.8) is 0 Å². The zero-order valence-corrected chi connectivity index (χ0v) is 15.6. The Balaban J connectivity index is 1.50. The van der Waals surface area contributed by atoms with Crippen LogP contribution in [0.15, 0.2) is 6.20 Å². The molecule has 0 N–H and O–H groups in total. The highest BCUT2D eigenvalue weighted by molar-refractivity contribution is 6.14. The van der Waals surface area contributed by atoms with Crippen molar-refractivity contribution in [3.8, 4) is 6.07 Å². The summed E-state index contributed by atoms with van der Waals surface area (Å²) in [6.45, 7) is 3.95. The smallest absolute Gasteiger partial charge is 0.244 e. The molecule has 0 radical (unpaired) electrons. The number of fused-ring (bicyclic) bond motifs is 1. The van der Waals surface area contributed by atoms with E-state index < -0.39 is 0 Å². The van der Waals surface area contributed by atoms with Crippen LogP contribution in [0.25, 0.3) is 5.57 Å². The number of anilines is 1. The van der Waals surface area contributed by atoms with Crippen LogP contribution in [0.3, 0.4) is 0 Å². The second kappa shape index (κ2) is 6.61. The van der Waals surface area contributed by atoms with E-state index in [1.54, 1.807) is 10.9 Å². The van der Waals surface area contributed by atoms with Gasteiger partial charge in [0.2, 0.25) is 5.95 Å². The summed E-state index contributed by atoms with van der Waals surface area (Å²) in [5.74, 6) is 2.94. The van der Waals surface area contributed by atoms with E-state index in [1.807, 2.05) is 18.7 Å². The summed E-state index contributed by atoms with van der Waals surface area (Å²) in [7, 11) is 1.91. The average molecular weight is 374 g/mol. The molecule has 2 aromatic rings. The van der Waals surface area contributed by atoms with Crippen molar-refractivity contribution in [2.45, 2.75) is 38.8 Å². The van der Waals surface area contributed by atoms with Gasteiger partial charge in [0.15, 0.2) is 11.6 Å². The summed E-state index contributed by atoms with van der Waals surface area (Å²) in [4.78, 5) is 11.4. The molecule has 1 atom stereocenters. The van der Waals surface area contributed by atoms with Crippen molar-refractivity contribution < 1.29 is 0 Å². The summed E-state index contributed by atoms with van der Waals surface area (Å²) in [6, 6.07) is 2.12. The molecule has 2 aliphatic heterocycles. The summed E-state index contributed by atoms with van der Waals surface area (Å²) < 4.78 is 4.95. The van der Waals surface area contributed by atoms with Gasteiger partial charge >= 0.3 is 0 Å². The van der Waals surface area contributed by atoms with Crippen LogP contribution in [0, 0.1) is 11.3 Å². The molecule has 136 valence electrons. The first kappa shape index (κ1) is 16.8. The molecule has 0 saturated carbocycles. The Morgan fingerprint density at radius 3 is 2.73 bits per heavy atom. The predicted octanol–water partition coefficient (Wildman–Crippen LogP) is 1.64. The van der Waals surface area contributed by atoms with Crippen molar-refractivity contribution in [2.75, 3.05) is 18.0 Å². The Morgan fingerprint density at radius 1 is 1.23 bits per heavy atom. The van der Waals surface area contributed by atoms with Gasteiger partial charge in [-0.15, -0.1) is 5.10 Å². The minimum atomic E-state index is -0.193. The number of rotatable bonds is 4. The number of hydrogen-bond donors (Lipinski definition) is 0. The standard InChI is InChI=1S/C16H20ClN9/c1-11-25(17)10-12(9-18)15-19-13(21-26(11)15)5-6-14-20-16(22-23(14)2)24-7-3-4-8-24/h10-11H,3-8H2,1-2H3. The molecule has 1 fully saturated rings. The molecule has 0 amide bonds. The van der Waals surface area contributed by atoms with E-state index in [0.29, 0.717) is 30.1 Å². The molecule has 2 aromatic heterocycles. The van der Waals surface area contributed by atoms with Crippen LogP contribution < -0.4 is 4.90 Å². The lowest BCUT2D eigenvalue weighted by Crippen LogP contribution is -2.25. The summed E-state index contributed by atoms with van der Waals surface area (Å²) >= 11 is 6.13. The SMILES string of the molecule is CC1N(Cl)C=C(C#N)c2nc(CCc3nc(N4CCCC4)nn3C)nn21. The topological polar surface area (TPSA) is 91.7 Å². The lowest BCUT2D eigenvalue weighted by Gasteiger charge is -2.25. The molecule has 0 aromatic carbocycles. The van der Waals surface area contributed by atoms with Gasteiger partial charge in [0, 0.05) is 51.0 Å². The Kier molecular flexibility index (Phi) is 4.28. The van der Waals surface area contributed by atoms with Crippen LogP contribution in [-0.4, -0.2) is 47.0 Å². The molecule has 0 bridgehead atoms. The minimum Gasteiger partial charge on any atom is -0.340 e. The molecule has 4 rings (SSSR count). The fourth-order valence-corrected chi connectivity index (χ4v) is 3.46. The van der Waals surface area contributed by atoms with Gasteiger partial charge in [-0.1, -0.05) is 0 Å². The maximum atomic E-state index is 9.29. The van der Waals surface area contributed by atoms with Crippen molar-refractivity contribution in [1.29, 1.82) is 5.26 Å². The second-order valence-corrected chi connectivity index (χ2v) is 6.96. The van der Waals surface area contributed by atoms with E-state index in [0.717, 1.165) is 24.9 Å². The third-order valence-corrected chi connectivity index (χ3v) is 5.18. The number of nitrogens with zero attached hydrogens (tertiary/aromatic N) is 9. The monoisotopic (exact) mass is 373 g/mol. The predicted molar refractivity (Wildman–Crippen MR) is 95.9 cm³/mol. The number of halogens is 1. The first-order valence-corrected chi connectivity index (χ1v) is 9.07. The van der Waals surface area contributed by atoms with Gasteiger partial charge in [0.1, 0.15) is 23.6 Å². The first-order chi connectivity index (χ1) is 12.6. The van der Waals surface area contributed by atoms with Gasteiger partial charge in [0.05, 0.1) is 0 Å². The van der Waals surface area contributed by atoms with Crippen LogP contribution in [0.1, 0.15) is 43.4 Å². The first-order valence-electron chi connectivity index (χ1n) is 8.73. The van der Waals surface area contributed by atoms with Gasteiger partial charge in [-0.25, -0.2) is 9.67 Å². The Hall–Kier alpha value is -2.60. The van der Waals surface area contributed by atoms with E-state index in [4.69, 9.17) is 11.8 Å². The Bertz CT molecular complexity index is 884. The molecule has 1 saturated heterocycles. The van der Waals surface area contributed by atoms with Crippen molar-refractivity contribution in [3.05, 3.63) is 23.7 Å². The number of hydrogen-bond acceptors (Lipinski definition) is 7. The number of allylic oxidation sites excluding steroid dienone is 1. The number of nitriles is 1. The molecule has 0 spiro atoms. The van der Waals surface area contributed by atoms with Crippen LogP contribution in [-0.2, 0) is 19.9 Å². The van der Waals surface area contributed by atoms with E-state index >= 15 is 0 Å². The highest BCUT2D eigenvalue weighted by Crippen LogP contribution is 2.28. The molecule has 9 nitrogen and oxygen atoms in total. The molecular weight excluding hydrogens is 354 g/mol. The van der Waals surface area contributed by atoms with E-state index in [2.05, 4.69) is 31.1 Å². The summed E-state index contributed by atoms with van der Waals surface area (Å²) in [6.07, 6.45) is 5.10. The fourth-order valence-electron chi connectivity index (χ4n) is 3.28. The highest BCUT2D eigenvalue weighted by Gasteiger charge is 2.26. The van der Waals surface area contributed by atoms with E-state index in [1.165, 1.54) is 17.3 Å². The zero-order chi connectivity index (χ0) is 18.3. The second-order valence-electron chi connectivity index (χ2n) is 6.57. The minimum absolute atomic E-state index is 0.193. The van der Waals surface area contributed by atoms with Gasteiger partial charge in [-0.3, -0.25) is 9.10 Å². The molecule has 1 unspecified atom stereocenters. The van der Waals surface area contributed by atoms with Crippen LogP contribution in [0.4, 0.5) is 5.95 Å². The molecular formula is C16H20ClN9. The third kappa shape index (κ3) is 2.90. The third-order valence-electron chi connectivity index (χ3n) is 4.80. The van der Waals surface area contributed by atoms with Crippen molar-refractivity contribution >= 4 is 23.3 Å². The number of aromatic nitrogens is 6. The maximum absolute atomic E-state index is 9.29. The molecule has 10 heteroatoms. The largest absolute Gasteiger partial charge is 0.340 e. The maximum Gasteiger partial charge on any atom is 0.244 e. The molecule has 2 aliphatic rings. The van der Waals surface area contributed by atoms with Gasteiger partial charge in [-0.2, -0.15) is 15.3 Å². The normalized spacial score (nSPS) is 19.5. The molecule has 0 aliphatic carbocycles. The molecule has 26 heavy (non-hydrogen) atoms. The van der Waals surface area contributed by atoms with E-state index in [9.17, 15) is 5.26 Å². The fraction of sp³-hybridized carbons (Fsp3) is 0.562. The summed E-state index contributed by atoms with van der Waals surface area (Å²) in [5.41, 5.74) is 0.409. The quantitative estimate of drug-likeness (QED) is 0.752. The van der Waals surface area contributed by atoms with E-state index in [-0.39, 0.29) is 6.17 Å². The summed E-state index contributed by atoms with van der Waals surface area (Å²) in [5, 5.41) is 18.3. The van der Waals surface area contributed by atoms with Gasteiger partial charge < -0.3 is 4.90 Å². The Morgan fingerprint density at radius 2 is 2.00 bits per heavy atom.